The Labute approximate surface area is 102 Å². The van der Waals surface area contributed by atoms with Crippen LogP contribution in [0.1, 0.15) is 23.2 Å². The van der Waals surface area contributed by atoms with Crippen LogP contribution in [-0.4, -0.2) is 28.2 Å². The van der Waals surface area contributed by atoms with Crippen molar-refractivity contribution in [3.8, 4) is 0 Å². The van der Waals surface area contributed by atoms with E-state index >= 15 is 0 Å². The fourth-order valence-corrected chi connectivity index (χ4v) is 1.93. The number of rotatable bonds is 1. The van der Waals surface area contributed by atoms with Crippen LogP contribution >= 0.6 is 23.2 Å². The lowest BCUT2D eigenvalue weighted by atomic mass is 10.2. The monoisotopic (exact) mass is 258 g/mol. The van der Waals surface area contributed by atoms with Gasteiger partial charge in [-0.25, -0.2) is 4.98 Å². The largest absolute Gasteiger partial charge is 0.278 e. The first-order valence-corrected chi connectivity index (χ1v) is 5.51. The summed E-state index contributed by atoms with van der Waals surface area (Å²) in [4.78, 5) is 28.3. The van der Waals surface area contributed by atoms with Crippen LogP contribution in [0, 0.1) is 0 Å². The van der Waals surface area contributed by atoms with E-state index in [-0.39, 0.29) is 21.6 Å². The lowest BCUT2D eigenvalue weighted by Gasteiger charge is -2.14. The van der Waals surface area contributed by atoms with Gasteiger partial charge in [-0.1, -0.05) is 23.2 Å². The molecule has 0 bridgehead atoms. The van der Waals surface area contributed by atoms with Gasteiger partial charge in [-0.2, -0.15) is 0 Å². The van der Waals surface area contributed by atoms with Gasteiger partial charge in [-0.05, 0) is 12.5 Å². The second kappa shape index (κ2) is 4.39. The van der Waals surface area contributed by atoms with Crippen LogP contribution in [0.3, 0.4) is 0 Å². The molecule has 0 saturated carbocycles. The van der Waals surface area contributed by atoms with Crippen LogP contribution in [0.2, 0.25) is 10.2 Å². The summed E-state index contributed by atoms with van der Waals surface area (Å²) in [5, 5.41) is 0.383. The molecule has 84 valence electrons. The molecule has 0 unspecified atom stereocenters. The van der Waals surface area contributed by atoms with Crippen LogP contribution in [0.25, 0.3) is 0 Å². The highest BCUT2D eigenvalue weighted by Crippen LogP contribution is 2.22. The zero-order chi connectivity index (χ0) is 11.7. The normalized spacial score (nSPS) is 15.6. The maximum absolute atomic E-state index is 12.0. The molecule has 0 radical (unpaired) electrons. The summed E-state index contributed by atoms with van der Waals surface area (Å²) in [5.41, 5.74) is 0.219. The molecule has 0 aliphatic carbocycles. The van der Waals surface area contributed by atoms with Gasteiger partial charge in [0.25, 0.3) is 5.91 Å². The fraction of sp³-hybridized carbons (Fsp3) is 0.300. The molecule has 1 fully saturated rings. The predicted octanol–water partition coefficient (Wildman–Crippen LogP) is 2.15. The quantitative estimate of drug-likeness (QED) is 0.573. The van der Waals surface area contributed by atoms with E-state index in [1.165, 1.54) is 17.2 Å². The number of carbonyl (C=O) groups excluding carboxylic acids is 2. The van der Waals surface area contributed by atoms with Crippen LogP contribution in [-0.2, 0) is 4.79 Å². The van der Waals surface area contributed by atoms with Crippen molar-refractivity contribution in [1.82, 2.24) is 9.88 Å². The Morgan fingerprint density at radius 3 is 2.81 bits per heavy atom. The molecule has 16 heavy (non-hydrogen) atoms. The Kier molecular flexibility index (Phi) is 3.12. The molecule has 6 heteroatoms. The first-order valence-electron chi connectivity index (χ1n) is 4.75. The number of imide groups is 1. The van der Waals surface area contributed by atoms with Crippen molar-refractivity contribution in [2.24, 2.45) is 0 Å². The zero-order valence-corrected chi connectivity index (χ0v) is 9.75. The van der Waals surface area contributed by atoms with E-state index in [1.54, 1.807) is 0 Å². The summed E-state index contributed by atoms with van der Waals surface area (Å²) in [6.45, 7) is 0.438. The number of halogens is 2. The van der Waals surface area contributed by atoms with Crippen molar-refractivity contribution in [2.45, 2.75) is 12.8 Å². The molecular formula is C10H8Cl2N2O2. The van der Waals surface area contributed by atoms with Crippen LogP contribution in [0.4, 0.5) is 0 Å². The SMILES string of the molecule is O=C1CCCN1C(=O)c1cc(Cl)ncc1Cl. The summed E-state index contributed by atoms with van der Waals surface area (Å²) < 4.78 is 0. The van der Waals surface area contributed by atoms with Crippen LogP contribution < -0.4 is 0 Å². The van der Waals surface area contributed by atoms with Crippen molar-refractivity contribution in [3.63, 3.8) is 0 Å². The summed E-state index contributed by atoms with van der Waals surface area (Å²) >= 11 is 11.5. The molecule has 0 aromatic carbocycles. The minimum atomic E-state index is -0.406. The number of carbonyl (C=O) groups is 2. The van der Waals surface area contributed by atoms with E-state index in [1.807, 2.05) is 0 Å². The van der Waals surface area contributed by atoms with Crippen molar-refractivity contribution >= 4 is 35.0 Å². The summed E-state index contributed by atoms with van der Waals surface area (Å²) in [6.07, 6.45) is 2.40. The third kappa shape index (κ3) is 2.03. The highest BCUT2D eigenvalue weighted by Gasteiger charge is 2.28. The first kappa shape index (κ1) is 11.4. The number of aromatic nitrogens is 1. The van der Waals surface area contributed by atoms with Gasteiger partial charge in [-0.3, -0.25) is 14.5 Å². The third-order valence-corrected chi connectivity index (χ3v) is 2.88. The van der Waals surface area contributed by atoms with E-state index < -0.39 is 5.91 Å². The lowest BCUT2D eigenvalue weighted by molar-refractivity contribution is -0.125. The van der Waals surface area contributed by atoms with E-state index in [9.17, 15) is 9.59 Å². The number of hydrogen-bond acceptors (Lipinski definition) is 3. The standard InChI is InChI=1S/C10H8Cl2N2O2/c11-7-5-13-8(12)4-6(7)10(16)14-3-1-2-9(14)15/h4-5H,1-3H2. The maximum atomic E-state index is 12.0. The summed E-state index contributed by atoms with van der Waals surface area (Å²) in [7, 11) is 0. The molecule has 4 nitrogen and oxygen atoms in total. The number of hydrogen-bond donors (Lipinski definition) is 0. The van der Waals surface area contributed by atoms with Crippen molar-refractivity contribution in [3.05, 3.63) is 28.0 Å². The minimum Gasteiger partial charge on any atom is -0.278 e. The molecular weight excluding hydrogens is 251 g/mol. The smallest absolute Gasteiger partial charge is 0.262 e. The van der Waals surface area contributed by atoms with Crippen molar-refractivity contribution in [1.29, 1.82) is 0 Å². The highest BCUT2D eigenvalue weighted by atomic mass is 35.5. The molecule has 2 amide bonds. The molecule has 0 N–H and O–H groups in total. The lowest BCUT2D eigenvalue weighted by Crippen LogP contribution is -2.32. The third-order valence-electron chi connectivity index (χ3n) is 2.37. The van der Waals surface area contributed by atoms with Gasteiger partial charge in [0.1, 0.15) is 5.15 Å². The molecule has 1 aliphatic heterocycles. The molecule has 1 aromatic rings. The maximum Gasteiger partial charge on any atom is 0.262 e. The molecule has 1 aliphatic rings. The van der Waals surface area contributed by atoms with E-state index in [2.05, 4.69) is 4.98 Å². The minimum absolute atomic E-state index is 0.172. The average molecular weight is 259 g/mol. The van der Waals surface area contributed by atoms with E-state index in [0.29, 0.717) is 19.4 Å². The Balaban J connectivity index is 2.33. The van der Waals surface area contributed by atoms with Gasteiger partial charge in [0.15, 0.2) is 0 Å². The molecule has 1 aromatic heterocycles. The Bertz CT molecular complexity index is 462. The second-order valence-electron chi connectivity index (χ2n) is 3.44. The second-order valence-corrected chi connectivity index (χ2v) is 4.24. The number of likely N-dealkylation sites (tertiary alicyclic amines) is 1. The zero-order valence-electron chi connectivity index (χ0n) is 8.24. The molecule has 2 heterocycles. The summed E-state index contributed by atoms with van der Waals surface area (Å²) in [5.74, 6) is -0.578. The van der Waals surface area contributed by atoms with Gasteiger partial charge < -0.3 is 0 Å². The molecule has 0 atom stereocenters. The Hall–Kier alpha value is -1.13. The van der Waals surface area contributed by atoms with E-state index in [0.717, 1.165) is 0 Å². The van der Waals surface area contributed by atoms with Gasteiger partial charge in [0.2, 0.25) is 5.91 Å². The number of amides is 2. The average Bonchev–Trinajstić information content (AvgIpc) is 2.67. The topological polar surface area (TPSA) is 50.3 Å². The Morgan fingerprint density at radius 1 is 1.44 bits per heavy atom. The van der Waals surface area contributed by atoms with Gasteiger partial charge in [-0.15, -0.1) is 0 Å². The van der Waals surface area contributed by atoms with Gasteiger partial charge in [0, 0.05) is 19.2 Å². The van der Waals surface area contributed by atoms with Crippen molar-refractivity contribution in [2.75, 3.05) is 6.54 Å². The van der Waals surface area contributed by atoms with Gasteiger partial charge in [0.05, 0.1) is 10.6 Å². The molecule has 0 spiro atoms. The van der Waals surface area contributed by atoms with Crippen molar-refractivity contribution < 1.29 is 9.59 Å². The number of nitrogens with zero attached hydrogens (tertiary/aromatic N) is 2. The highest BCUT2D eigenvalue weighted by molar-refractivity contribution is 6.35. The van der Waals surface area contributed by atoms with Gasteiger partial charge >= 0.3 is 0 Å². The summed E-state index contributed by atoms with van der Waals surface area (Å²) in [6, 6.07) is 1.37. The predicted molar refractivity (Wildman–Crippen MR) is 59.5 cm³/mol. The number of pyridine rings is 1. The fourth-order valence-electron chi connectivity index (χ4n) is 1.59. The Morgan fingerprint density at radius 2 is 2.19 bits per heavy atom. The van der Waals surface area contributed by atoms with Crippen LogP contribution in [0.5, 0.6) is 0 Å². The first-order chi connectivity index (χ1) is 7.59. The molecule has 2 rings (SSSR count). The molecule has 1 saturated heterocycles. The van der Waals surface area contributed by atoms with Crippen LogP contribution in [0.15, 0.2) is 12.3 Å². The van der Waals surface area contributed by atoms with E-state index in [4.69, 9.17) is 23.2 Å².